The minimum absolute atomic E-state index is 0.0130. The standard InChI is InChI=1S/C16H21N3O3S/c20-16(17-9-14-8-11-1-2-12(14)7-11)13-3-4-15-18-23(21,22)6-5-19(15)10-13/h3-4,10-12,14H,1-2,5-9H2,(H,17,20)/t11-,12-,14+/m0/s1. The summed E-state index contributed by atoms with van der Waals surface area (Å²) < 4.78 is 26.7. The van der Waals surface area contributed by atoms with Crippen LogP contribution in [0.5, 0.6) is 0 Å². The van der Waals surface area contributed by atoms with Gasteiger partial charge in [-0.1, -0.05) is 6.42 Å². The molecule has 2 saturated carbocycles. The van der Waals surface area contributed by atoms with Crippen molar-refractivity contribution in [1.29, 1.82) is 0 Å². The molecule has 2 heterocycles. The van der Waals surface area contributed by atoms with Gasteiger partial charge >= 0.3 is 0 Å². The molecule has 2 bridgehead atoms. The summed E-state index contributed by atoms with van der Waals surface area (Å²) in [6, 6.07) is 0. The minimum atomic E-state index is -3.35. The first-order valence-electron chi connectivity index (χ1n) is 8.27. The zero-order valence-electron chi connectivity index (χ0n) is 12.9. The van der Waals surface area contributed by atoms with Crippen molar-refractivity contribution in [3.05, 3.63) is 23.9 Å². The maximum absolute atomic E-state index is 12.3. The van der Waals surface area contributed by atoms with Crippen LogP contribution in [0.3, 0.4) is 0 Å². The number of carbonyl (C=O) groups excluding carboxylic acids is 1. The van der Waals surface area contributed by atoms with Crippen molar-refractivity contribution in [2.24, 2.45) is 22.2 Å². The molecule has 1 N–H and O–H groups in total. The first-order chi connectivity index (χ1) is 11.0. The predicted octanol–water partition coefficient (Wildman–Crippen LogP) is 1.04. The minimum Gasteiger partial charge on any atom is -0.352 e. The van der Waals surface area contributed by atoms with Gasteiger partial charge in [0.05, 0.1) is 11.3 Å². The largest absolute Gasteiger partial charge is 0.352 e. The van der Waals surface area contributed by atoms with Gasteiger partial charge in [-0.25, -0.2) is 8.42 Å². The Kier molecular flexibility index (Phi) is 3.55. The van der Waals surface area contributed by atoms with E-state index in [0.717, 1.165) is 18.4 Å². The van der Waals surface area contributed by atoms with E-state index < -0.39 is 10.0 Å². The second kappa shape index (κ2) is 5.47. The lowest BCUT2D eigenvalue weighted by molar-refractivity contribution is -0.117. The number of hydrogen-bond acceptors (Lipinski definition) is 4. The molecule has 1 amide bonds. The number of amidine groups is 1. The Bertz CT molecular complexity index is 723. The molecule has 2 aliphatic heterocycles. The summed E-state index contributed by atoms with van der Waals surface area (Å²) in [5, 5.41) is 3.05. The molecule has 0 aromatic carbocycles. The average Bonchev–Trinajstić information content (AvgIpc) is 3.14. The van der Waals surface area contributed by atoms with Gasteiger partial charge in [-0.2, -0.15) is 0 Å². The molecular formula is C16H21N3O3S. The number of fused-ring (bicyclic) bond motifs is 3. The number of carbonyl (C=O) groups is 1. The molecule has 3 atom stereocenters. The molecule has 4 aliphatic rings. The van der Waals surface area contributed by atoms with Crippen molar-refractivity contribution in [3.63, 3.8) is 0 Å². The van der Waals surface area contributed by atoms with E-state index in [2.05, 4.69) is 9.71 Å². The van der Waals surface area contributed by atoms with E-state index in [0.29, 0.717) is 23.9 Å². The van der Waals surface area contributed by atoms with Crippen molar-refractivity contribution in [2.75, 3.05) is 18.8 Å². The zero-order valence-corrected chi connectivity index (χ0v) is 13.8. The number of rotatable bonds is 3. The third-order valence-corrected chi connectivity index (χ3v) is 6.66. The van der Waals surface area contributed by atoms with Crippen molar-refractivity contribution < 1.29 is 13.2 Å². The highest BCUT2D eigenvalue weighted by Gasteiger charge is 2.39. The van der Waals surface area contributed by atoms with Gasteiger partial charge in [-0.3, -0.25) is 4.79 Å². The van der Waals surface area contributed by atoms with Crippen molar-refractivity contribution in [2.45, 2.75) is 25.7 Å². The van der Waals surface area contributed by atoms with Crippen LogP contribution in [0.1, 0.15) is 25.7 Å². The van der Waals surface area contributed by atoms with Gasteiger partial charge in [0, 0.05) is 19.3 Å². The van der Waals surface area contributed by atoms with Crippen LogP contribution in [0.25, 0.3) is 0 Å². The van der Waals surface area contributed by atoms with Gasteiger partial charge < -0.3 is 10.2 Å². The van der Waals surface area contributed by atoms with Gasteiger partial charge in [0.1, 0.15) is 5.84 Å². The molecule has 0 aromatic rings. The molecule has 0 spiro atoms. The van der Waals surface area contributed by atoms with Crippen LogP contribution in [-0.4, -0.2) is 43.9 Å². The van der Waals surface area contributed by atoms with E-state index in [1.165, 1.54) is 25.7 Å². The number of sulfonamides is 1. The highest BCUT2D eigenvalue weighted by Crippen LogP contribution is 2.47. The topological polar surface area (TPSA) is 78.8 Å². The van der Waals surface area contributed by atoms with Crippen LogP contribution < -0.4 is 5.32 Å². The van der Waals surface area contributed by atoms with Gasteiger partial charge in [-0.15, -0.1) is 4.40 Å². The van der Waals surface area contributed by atoms with Crippen molar-refractivity contribution in [3.8, 4) is 0 Å². The summed E-state index contributed by atoms with van der Waals surface area (Å²) in [5.41, 5.74) is 0.561. The molecule has 4 rings (SSSR count). The van der Waals surface area contributed by atoms with Crippen LogP contribution >= 0.6 is 0 Å². The molecule has 23 heavy (non-hydrogen) atoms. The summed E-state index contributed by atoms with van der Waals surface area (Å²) in [6.07, 6.45) is 10.2. The van der Waals surface area contributed by atoms with Crippen LogP contribution in [0.15, 0.2) is 28.3 Å². The third kappa shape index (κ3) is 2.94. The Labute approximate surface area is 136 Å². The Morgan fingerprint density at radius 3 is 2.91 bits per heavy atom. The Morgan fingerprint density at radius 1 is 1.30 bits per heavy atom. The quantitative estimate of drug-likeness (QED) is 0.836. The molecule has 0 aromatic heterocycles. The summed E-state index contributed by atoms with van der Waals surface area (Å²) in [4.78, 5) is 14.1. The van der Waals surface area contributed by atoms with E-state index in [1.807, 2.05) is 0 Å². The maximum atomic E-state index is 12.3. The van der Waals surface area contributed by atoms with E-state index in [-0.39, 0.29) is 11.7 Å². The predicted molar refractivity (Wildman–Crippen MR) is 87.1 cm³/mol. The van der Waals surface area contributed by atoms with Gasteiger partial charge in [0.15, 0.2) is 0 Å². The van der Waals surface area contributed by atoms with Gasteiger partial charge in [0.25, 0.3) is 15.9 Å². The van der Waals surface area contributed by atoms with Gasteiger partial charge in [-0.05, 0) is 49.2 Å². The normalized spacial score (nSPS) is 33.9. The molecule has 124 valence electrons. The summed E-state index contributed by atoms with van der Waals surface area (Å²) in [6.45, 7) is 1.09. The number of nitrogens with one attached hydrogen (secondary N) is 1. The fourth-order valence-electron chi connectivity index (χ4n) is 4.29. The van der Waals surface area contributed by atoms with Crippen LogP contribution in [0, 0.1) is 17.8 Å². The Balaban J connectivity index is 1.38. The fraction of sp³-hybridized carbons (Fsp3) is 0.625. The van der Waals surface area contributed by atoms with E-state index in [4.69, 9.17) is 0 Å². The smallest absolute Gasteiger partial charge is 0.256 e. The monoisotopic (exact) mass is 335 g/mol. The van der Waals surface area contributed by atoms with E-state index >= 15 is 0 Å². The first-order valence-corrected chi connectivity index (χ1v) is 9.88. The zero-order chi connectivity index (χ0) is 16.0. The second-order valence-electron chi connectivity index (χ2n) is 6.99. The fourth-order valence-corrected chi connectivity index (χ4v) is 5.26. The number of nitrogens with zero attached hydrogens (tertiary/aromatic N) is 2. The van der Waals surface area contributed by atoms with Crippen LogP contribution in [-0.2, 0) is 14.8 Å². The highest BCUT2D eigenvalue weighted by atomic mass is 32.2. The second-order valence-corrected chi connectivity index (χ2v) is 8.75. The summed E-state index contributed by atoms with van der Waals surface area (Å²) in [5.74, 6) is 2.59. The molecule has 0 unspecified atom stereocenters. The lowest BCUT2D eigenvalue weighted by Gasteiger charge is -2.27. The third-order valence-electron chi connectivity index (χ3n) is 5.50. The number of amides is 1. The summed E-state index contributed by atoms with van der Waals surface area (Å²) >= 11 is 0. The lowest BCUT2D eigenvalue weighted by Crippen LogP contribution is -2.38. The first kappa shape index (κ1) is 14.9. The number of hydrogen-bond donors (Lipinski definition) is 1. The van der Waals surface area contributed by atoms with Crippen LogP contribution in [0.4, 0.5) is 0 Å². The molecule has 0 saturated heterocycles. The average molecular weight is 335 g/mol. The Morgan fingerprint density at radius 2 is 2.17 bits per heavy atom. The summed E-state index contributed by atoms with van der Waals surface area (Å²) in [7, 11) is -3.35. The molecule has 2 aliphatic carbocycles. The van der Waals surface area contributed by atoms with Crippen LogP contribution in [0.2, 0.25) is 0 Å². The lowest BCUT2D eigenvalue weighted by atomic mass is 9.89. The molecule has 7 heteroatoms. The molecule has 0 radical (unpaired) electrons. The van der Waals surface area contributed by atoms with Crippen molar-refractivity contribution >= 4 is 21.8 Å². The van der Waals surface area contributed by atoms with E-state index in [9.17, 15) is 13.2 Å². The molecule has 2 fully saturated rings. The molecule has 6 nitrogen and oxygen atoms in total. The SMILES string of the molecule is O=C(NC[C@H]1C[C@H]2CC[C@H]1C2)C1=CN2CCS(=O)(=O)N=C2C=C1. The van der Waals surface area contributed by atoms with Crippen molar-refractivity contribution in [1.82, 2.24) is 10.2 Å². The Hall–Kier alpha value is -1.63. The molecular weight excluding hydrogens is 314 g/mol. The highest BCUT2D eigenvalue weighted by molar-refractivity contribution is 7.90. The maximum Gasteiger partial charge on any atom is 0.256 e. The van der Waals surface area contributed by atoms with E-state index in [1.54, 1.807) is 23.3 Å². The van der Waals surface area contributed by atoms with Gasteiger partial charge in [0.2, 0.25) is 0 Å².